The fraction of sp³-hybridized carbons (Fsp3) is 0.154. The smallest absolute Gasteiger partial charge is 0.298 e. The van der Waals surface area contributed by atoms with Gasteiger partial charge in [-0.3, -0.25) is 9.59 Å². The number of rotatable bonds is 8. The van der Waals surface area contributed by atoms with E-state index in [4.69, 9.17) is 37.4 Å². The van der Waals surface area contributed by atoms with Crippen LogP contribution in [0.25, 0.3) is 6.08 Å². The molecule has 0 saturated carbocycles. The SMILES string of the molecule is CCOc1cc(/C=C2\SC(=O)N(c3ccccc3OC)C2=O)cc(I)c1OCc1ccc(Cl)c(Cl)c1. The summed E-state index contributed by atoms with van der Waals surface area (Å²) in [7, 11) is 1.50. The molecule has 4 rings (SSSR count). The van der Waals surface area contributed by atoms with E-state index in [1.807, 2.05) is 19.1 Å². The summed E-state index contributed by atoms with van der Waals surface area (Å²) in [5, 5.41) is 0.538. The van der Waals surface area contributed by atoms with Gasteiger partial charge in [0.1, 0.15) is 12.4 Å². The standard InChI is InChI=1S/C26H20Cl2INO5S/c1-3-34-22-12-16(11-19(29)24(22)35-14-15-8-9-17(27)18(28)10-15)13-23-25(31)30(26(32)36-23)20-6-4-5-7-21(20)33-2/h4-13H,3,14H2,1-2H3/b23-13-. The maximum Gasteiger partial charge on any atom is 0.298 e. The lowest BCUT2D eigenvalue weighted by Gasteiger charge is -2.16. The Morgan fingerprint density at radius 2 is 1.78 bits per heavy atom. The van der Waals surface area contributed by atoms with Crippen molar-refractivity contribution in [2.45, 2.75) is 13.5 Å². The minimum absolute atomic E-state index is 0.268. The molecule has 3 aromatic carbocycles. The molecule has 0 N–H and O–H groups in total. The zero-order chi connectivity index (χ0) is 25.8. The average molecular weight is 656 g/mol. The van der Waals surface area contributed by atoms with Crippen LogP contribution in [0.3, 0.4) is 0 Å². The Morgan fingerprint density at radius 3 is 2.50 bits per heavy atom. The number of halogens is 3. The Balaban J connectivity index is 1.61. The highest BCUT2D eigenvalue weighted by atomic mass is 127. The van der Waals surface area contributed by atoms with Crippen molar-refractivity contribution < 1.29 is 23.8 Å². The van der Waals surface area contributed by atoms with Gasteiger partial charge in [0, 0.05) is 0 Å². The number of hydrogen-bond donors (Lipinski definition) is 0. The average Bonchev–Trinajstić information content (AvgIpc) is 3.13. The van der Waals surface area contributed by atoms with Crippen molar-refractivity contribution in [3.8, 4) is 17.2 Å². The van der Waals surface area contributed by atoms with E-state index in [-0.39, 0.29) is 6.61 Å². The number of carbonyl (C=O) groups excluding carboxylic acids is 2. The summed E-state index contributed by atoms with van der Waals surface area (Å²) in [6.07, 6.45) is 1.67. The van der Waals surface area contributed by atoms with Crippen LogP contribution in [-0.4, -0.2) is 24.9 Å². The lowest BCUT2D eigenvalue weighted by molar-refractivity contribution is -0.113. The third kappa shape index (κ3) is 5.77. The van der Waals surface area contributed by atoms with E-state index in [1.165, 1.54) is 7.11 Å². The Kier molecular flexibility index (Phi) is 8.71. The molecule has 0 unspecified atom stereocenters. The van der Waals surface area contributed by atoms with Crippen molar-refractivity contribution in [1.82, 2.24) is 0 Å². The maximum absolute atomic E-state index is 13.1. The molecule has 0 spiro atoms. The number of nitrogens with zero attached hydrogens (tertiary/aromatic N) is 1. The molecule has 1 fully saturated rings. The number of para-hydroxylation sites is 2. The van der Waals surface area contributed by atoms with Crippen LogP contribution >= 0.6 is 57.6 Å². The van der Waals surface area contributed by atoms with Crippen LogP contribution in [0, 0.1) is 3.57 Å². The Labute approximate surface area is 236 Å². The first-order valence-electron chi connectivity index (χ1n) is 10.8. The van der Waals surface area contributed by atoms with Gasteiger partial charge >= 0.3 is 0 Å². The normalized spacial score (nSPS) is 14.5. The monoisotopic (exact) mass is 655 g/mol. The molecule has 1 heterocycles. The molecule has 0 radical (unpaired) electrons. The van der Waals surface area contributed by atoms with Gasteiger partial charge in [0.2, 0.25) is 0 Å². The molecule has 2 amide bonds. The lowest BCUT2D eigenvalue weighted by Crippen LogP contribution is -2.28. The van der Waals surface area contributed by atoms with Crippen LogP contribution in [0.15, 0.2) is 59.5 Å². The summed E-state index contributed by atoms with van der Waals surface area (Å²) in [5.74, 6) is 1.13. The first-order valence-corrected chi connectivity index (χ1v) is 13.4. The van der Waals surface area contributed by atoms with E-state index in [0.29, 0.717) is 50.1 Å². The highest BCUT2D eigenvalue weighted by Crippen LogP contribution is 2.41. The van der Waals surface area contributed by atoms with E-state index in [1.54, 1.807) is 48.5 Å². The predicted molar refractivity (Wildman–Crippen MR) is 153 cm³/mol. The third-order valence-electron chi connectivity index (χ3n) is 5.12. The summed E-state index contributed by atoms with van der Waals surface area (Å²) >= 11 is 15.1. The number of carbonyl (C=O) groups is 2. The molecular formula is C26H20Cl2INO5S. The molecule has 0 aromatic heterocycles. The predicted octanol–water partition coefficient (Wildman–Crippen LogP) is 7.83. The minimum atomic E-state index is -0.414. The summed E-state index contributed by atoms with van der Waals surface area (Å²) in [4.78, 5) is 27.3. The third-order valence-corrected chi connectivity index (χ3v) is 7.53. The first kappa shape index (κ1) is 26.7. The molecule has 10 heteroatoms. The zero-order valence-electron chi connectivity index (χ0n) is 19.2. The molecule has 1 aliphatic rings. The maximum atomic E-state index is 13.1. The quantitative estimate of drug-likeness (QED) is 0.182. The molecule has 36 heavy (non-hydrogen) atoms. The second kappa shape index (κ2) is 11.8. The molecule has 0 atom stereocenters. The number of methoxy groups -OCH3 is 1. The van der Waals surface area contributed by atoms with Crippen molar-refractivity contribution in [2.24, 2.45) is 0 Å². The van der Waals surface area contributed by atoms with E-state index >= 15 is 0 Å². The fourth-order valence-corrected chi connectivity index (χ4v) is 5.44. The summed E-state index contributed by atoms with van der Waals surface area (Å²) < 4.78 is 18.0. The minimum Gasteiger partial charge on any atom is -0.495 e. The van der Waals surface area contributed by atoms with Crippen LogP contribution in [0.2, 0.25) is 10.0 Å². The second-order valence-corrected chi connectivity index (χ2v) is 10.5. The van der Waals surface area contributed by atoms with E-state index < -0.39 is 11.1 Å². The molecule has 0 aliphatic carbocycles. The molecule has 0 bridgehead atoms. The number of thioether (sulfide) groups is 1. The van der Waals surface area contributed by atoms with Crippen LogP contribution in [0.5, 0.6) is 17.2 Å². The number of benzene rings is 3. The Morgan fingerprint density at radius 1 is 1.00 bits per heavy atom. The van der Waals surface area contributed by atoms with Crippen molar-refractivity contribution in [2.75, 3.05) is 18.6 Å². The van der Waals surface area contributed by atoms with Crippen LogP contribution in [0.4, 0.5) is 10.5 Å². The molecule has 3 aromatic rings. The van der Waals surface area contributed by atoms with Gasteiger partial charge in [-0.15, -0.1) is 0 Å². The zero-order valence-corrected chi connectivity index (χ0v) is 23.7. The number of imide groups is 1. The lowest BCUT2D eigenvalue weighted by atomic mass is 10.1. The van der Waals surface area contributed by atoms with Gasteiger partial charge in [0.15, 0.2) is 11.5 Å². The largest absolute Gasteiger partial charge is 0.495 e. The van der Waals surface area contributed by atoms with Crippen molar-refractivity contribution in [3.63, 3.8) is 0 Å². The van der Waals surface area contributed by atoms with Gasteiger partial charge in [-0.25, -0.2) is 4.90 Å². The summed E-state index contributed by atoms with van der Waals surface area (Å²) in [6, 6.07) is 15.9. The fourth-order valence-electron chi connectivity index (χ4n) is 3.50. The summed E-state index contributed by atoms with van der Waals surface area (Å²) in [6.45, 7) is 2.57. The van der Waals surface area contributed by atoms with Gasteiger partial charge in [-0.05, 0) is 94.9 Å². The number of amides is 2. The number of hydrogen-bond acceptors (Lipinski definition) is 6. The van der Waals surface area contributed by atoms with E-state index in [9.17, 15) is 9.59 Å². The first-order chi connectivity index (χ1) is 17.3. The molecule has 1 aliphatic heterocycles. The summed E-state index contributed by atoms with van der Waals surface area (Å²) in [5.41, 5.74) is 1.97. The highest BCUT2D eigenvalue weighted by molar-refractivity contribution is 14.1. The van der Waals surface area contributed by atoms with Gasteiger partial charge in [0.05, 0.1) is 37.9 Å². The van der Waals surface area contributed by atoms with Crippen LogP contribution in [-0.2, 0) is 11.4 Å². The van der Waals surface area contributed by atoms with Crippen LogP contribution < -0.4 is 19.1 Å². The number of anilines is 1. The van der Waals surface area contributed by atoms with Crippen LogP contribution in [0.1, 0.15) is 18.1 Å². The Hall–Kier alpha value is -2.40. The number of ether oxygens (including phenoxy) is 3. The van der Waals surface area contributed by atoms with E-state index in [2.05, 4.69) is 22.6 Å². The van der Waals surface area contributed by atoms with Gasteiger partial charge in [0.25, 0.3) is 11.1 Å². The van der Waals surface area contributed by atoms with E-state index in [0.717, 1.165) is 25.8 Å². The van der Waals surface area contributed by atoms with Crippen molar-refractivity contribution in [1.29, 1.82) is 0 Å². The van der Waals surface area contributed by atoms with Gasteiger partial charge < -0.3 is 14.2 Å². The Bertz CT molecular complexity index is 1360. The molecule has 6 nitrogen and oxygen atoms in total. The van der Waals surface area contributed by atoms with Crippen molar-refractivity contribution in [3.05, 3.63) is 84.2 Å². The molecule has 186 valence electrons. The second-order valence-electron chi connectivity index (χ2n) is 7.49. The van der Waals surface area contributed by atoms with Gasteiger partial charge in [-0.1, -0.05) is 41.4 Å². The topological polar surface area (TPSA) is 65.1 Å². The highest BCUT2D eigenvalue weighted by Gasteiger charge is 2.37. The van der Waals surface area contributed by atoms with Gasteiger partial charge in [-0.2, -0.15) is 0 Å². The van der Waals surface area contributed by atoms with Crippen molar-refractivity contribution >= 4 is 80.5 Å². The molecular weight excluding hydrogens is 636 g/mol. The molecule has 1 saturated heterocycles.